The molecule has 2 aromatic rings. The summed E-state index contributed by atoms with van der Waals surface area (Å²) in [5.74, 6) is 0. The number of para-hydroxylation sites is 2. The number of nitrogens with zero attached hydrogens (tertiary/aromatic N) is 2. The molecule has 0 aliphatic heterocycles. The number of aryl methyl sites for hydroxylation is 4. The quantitative estimate of drug-likeness (QED) is 0.670. The maximum atomic E-state index is 4.70. The maximum absolute atomic E-state index is 4.70. The van der Waals surface area contributed by atoms with Crippen LogP contribution in [0.25, 0.3) is 0 Å². The Balaban J connectivity index is 2.31. The van der Waals surface area contributed by atoms with E-state index in [1.165, 1.54) is 22.3 Å². The highest BCUT2D eigenvalue weighted by Gasteiger charge is 2.01. The lowest BCUT2D eigenvalue weighted by Crippen LogP contribution is -1.93. The van der Waals surface area contributed by atoms with Gasteiger partial charge >= 0.3 is 0 Å². The van der Waals surface area contributed by atoms with E-state index in [0.717, 1.165) is 17.1 Å². The van der Waals surface area contributed by atoms with Crippen molar-refractivity contribution in [1.82, 2.24) is 0 Å². The molecule has 0 fully saturated rings. The van der Waals surface area contributed by atoms with Gasteiger partial charge in [0.1, 0.15) is 0 Å². The first kappa shape index (κ1) is 15.2. The van der Waals surface area contributed by atoms with E-state index in [1.807, 2.05) is 13.1 Å². The molecule has 0 unspecified atom stereocenters. The first-order chi connectivity index (χ1) is 9.99. The number of benzene rings is 2. The summed E-state index contributed by atoms with van der Waals surface area (Å²) in [5.41, 5.74) is 7.74. The molecule has 0 saturated heterocycles. The SMILES string of the molecule is CC(C=Nc1c(C)cccc1C)=Nc1c(C)cccc1C. The minimum absolute atomic E-state index is 0.912. The Kier molecular flexibility index (Phi) is 4.69. The third-order valence-corrected chi connectivity index (χ3v) is 3.55. The third-order valence-electron chi connectivity index (χ3n) is 3.55. The van der Waals surface area contributed by atoms with Crippen LogP contribution in [-0.4, -0.2) is 11.9 Å². The van der Waals surface area contributed by atoms with E-state index < -0.39 is 0 Å². The Hall–Kier alpha value is -2.22. The molecule has 0 aromatic heterocycles. The van der Waals surface area contributed by atoms with Crippen LogP contribution >= 0.6 is 0 Å². The fourth-order valence-corrected chi connectivity index (χ4v) is 2.35. The maximum Gasteiger partial charge on any atom is 0.0691 e. The van der Waals surface area contributed by atoms with Crippen LogP contribution in [0, 0.1) is 27.7 Å². The fraction of sp³-hybridized carbons (Fsp3) is 0.263. The molecule has 2 rings (SSSR count). The van der Waals surface area contributed by atoms with Crippen molar-refractivity contribution in [2.45, 2.75) is 34.6 Å². The van der Waals surface area contributed by atoms with Gasteiger partial charge in [-0.2, -0.15) is 0 Å². The van der Waals surface area contributed by atoms with Crippen molar-refractivity contribution >= 4 is 23.3 Å². The molecule has 0 saturated carbocycles. The molecule has 2 nitrogen and oxygen atoms in total. The molecule has 0 amide bonds. The van der Waals surface area contributed by atoms with Gasteiger partial charge in [0.2, 0.25) is 0 Å². The number of hydrogen-bond acceptors (Lipinski definition) is 2. The van der Waals surface area contributed by atoms with Crippen molar-refractivity contribution in [3.63, 3.8) is 0 Å². The van der Waals surface area contributed by atoms with E-state index in [0.29, 0.717) is 0 Å². The zero-order chi connectivity index (χ0) is 15.4. The molecule has 2 aromatic carbocycles. The smallest absolute Gasteiger partial charge is 0.0691 e. The van der Waals surface area contributed by atoms with Gasteiger partial charge in [-0.25, -0.2) is 0 Å². The fourth-order valence-electron chi connectivity index (χ4n) is 2.35. The van der Waals surface area contributed by atoms with Crippen molar-refractivity contribution in [2.75, 3.05) is 0 Å². The van der Waals surface area contributed by atoms with E-state index in [-0.39, 0.29) is 0 Å². The van der Waals surface area contributed by atoms with Gasteiger partial charge in [-0.1, -0.05) is 36.4 Å². The van der Waals surface area contributed by atoms with Crippen molar-refractivity contribution < 1.29 is 0 Å². The monoisotopic (exact) mass is 278 g/mol. The highest BCUT2D eigenvalue weighted by atomic mass is 14.8. The number of hydrogen-bond donors (Lipinski definition) is 0. The average Bonchev–Trinajstić information content (AvgIpc) is 2.42. The third kappa shape index (κ3) is 3.66. The van der Waals surface area contributed by atoms with E-state index >= 15 is 0 Å². The van der Waals surface area contributed by atoms with Gasteiger partial charge in [-0.3, -0.25) is 9.98 Å². The van der Waals surface area contributed by atoms with Crippen molar-refractivity contribution in [1.29, 1.82) is 0 Å². The van der Waals surface area contributed by atoms with Gasteiger partial charge < -0.3 is 0 Å². The molecular weight excluding hydrogens is 256 g/mol. The molecule has 21 heavy (non-hydrogen) atoms. The van der Waals surface area contributed by atoms with Gasteiger partial charge in [0, 0.05) is 6.21 Å². The predicted molar refractivity (Wildman–Crippen MR) is 92.8 cm³/mol. The summed E-state index contributed by atoms with van der Waals surface area (Å²) in [4.78, 5) is 9.30. The summed E-state index contributed by atoms with van der Waals surface area (Å²) in [6.45, 7) is 10.3. The van der Waals surface area contributed by atoms with Crippen LogP contribution in [0.4, 0.5) is 11.4 Å². The molecular formula is C19H22N2. The lowest BCUT2D eigenvalue weighted by molar-refractivity contribution is 1.32. The molecule has 108 valence electrons. The minimum atomic E-state index is 0.912. The standard InChI is InChI=1S/C19H22N2/c1-13-8-6-9-14(2)18(13)20-12-17(5)21-19-15(3)10-7-11-16(19)4/h6-12H,1-5H3. The summed E-state index contributed by atoms with van der Waals surface area (Å²) < 4.78 is 0. The van der Waals surface area contributed by atoms with Crippen LogP contribution < -0.4 is 0 Å². The minimum Gasteiger partial charge on any atom is -0.254 e. The highest BCUT2D eigenvalue weighted by Crippen LogP contribution is 2.24. The van der Waals surface area contributed by atoms with E-state index in [1.54, 1.807) is 0 Å². The molecule has 0 spiro atoms. The predicted octanol–water partition coefficient (Wildman–Crippen LogP) is 5.42. The van der Waals surface area contributed by atoms with E-state index in [9.17, 15) is 0 Å². The van der Waals surface area contributed by atoms with E-state index in [2.05, 4.69) is 69.1 Å². The molecule has 0 aliphatic carbocycles. The van der Waals surface area contributed by atoms with Crippen LogP contribution in [0.15, 0.2) is 46.4 Å². The number of aliphatic imine (C=N–C) groups is 2. The second kappa shape index (κ2) is 6.49. The molecule has 0 atom stereocenters. The summed E-state index contributed by atoms with van der Waals surface area (Å²) in [7, 11) is 0. The first-order valence-electron chi connectivity index (χ1n) is 7.21. The Morgan fingerprint density at radius 1 is 0.762 bits per heavy atom. The summed E-state index contributed by atoms with van der Waals surface area (Å²) >= 11 is 0. The summed E-state index contributed by atoms with van der Waals surface area (Å²) in [5, 5.41) is 0. The number of rotatable bonds is 3. The van der Waals surface area contributed by atoms with Crippen LogP contribution in [0.2, 0.25) is 0 Å². The van der Waals surface area contributed by atoms with Gasteiger partial charge in [0.05, 0.1) is 17.1 Å². The zero-order valence-corrected chi connectivity index (χ0v) is 13.4. The van der Waals surface area contributed by atoms with Crippen LogP contribution in [0.1, 0.15) is 29.2 Å². The molecule has 0 bridgehead atoms. The Bertz CT molecular complexity index is 669. The van der Waals surface area contributed by atoms with Crippen LogP contribution in [0.5, 0.6) is 0 Å². The van der Waals surface area contributed by atoms with Crippen molar-refractivity contribution in [3.05, 3.63) is 58.7 Å². The van der Waals surface area contributed by atoms with E-state index in [4.69, 9.17) is 4.99 Å². The second-order valence-electron chi connectivity index (χ2n) is 5.49. The second-order valence-corrected chi connectivity index (χ2v) is 5.49. The Labute approximate surface area is 127 Å². The highest BCUT2D eigenvalue weighted by molar-refractivity contribution is 6.30. The van der Waals surface area contributed by atoms with Gasteiger partial charge in [0.25, 0.3) is 0 Å². The van der Waals surface area contributed by atoms with Gasteiger partial charge in [0.15, 0.2) is 0 Å². The lowest BCUT2D eigenvalue weighted by atomic mass is 10.1. The Morgan fingerprint density at radius 2 is 1.19 bits per heavy atom. The van der Waals surface area contributed by atoms with Crippen molar-refractivity contribution in [3.8, 4) is 0 Å². The lowest BCUT2D eigenvalue weighted by Gasteiger charge is -2.05. The average molecular weight is 278 g/mol. The normalized spacial score (nSPS) is 12.1. The van der Waals surface area contributed by atoms with Gasteiger partial charge in [-0.05, 0) is 56.9 Å². The summed E-state index contributed by atoms with van der Waals surface area (Å²) in [6.07, 6.45) is 1.85. The molecule has 0 radical (unpaired) electrons. The largest absolute Gasteiger partial charge is 0.254 e. The zero-order valence-electron chi connectivity index (χ0n) is 13.4. The molecule has 2 heteroatoms. The molecule has 0 heterocycles. The molecule has 0 aliphatic rings. The summed E-state index contributed by atoms with van der Waals surface area (Å²) in [6, 6.07) is 12.4. The van der Waals surface area contributed by atoms with Crippen molar-refractivity contribution in [2.24, 2.45) is 9.98 Å². The van der Waals surface area contributed by atoms with Crippen LogP contribution in [0.3, 0.4) is 0 Å². The first-order valence-corrected chi connectivity index (χ1v) is 7.21. The topological polar surface area (TPSA) is 24.7 Å². The van der Waals surface area contributed by atoms with Crippen LogP contribution in [-0.2, 0) is 0 Å². The molecule has 0 N–H and O–H groups in total. The Morgan fingerprint density at radius 3 is 1.67 bits per heavy atom. The van der Waals surface area contributed by atoms with Gasteiger partial charge in [-0.15, -0.1) is 0 Å².